The molecule has 1 aromatic heterocycles. The van der Waals surface area contributed by atoms with Crippen LogP contribution in [-0.2, 0) is 4.79 Å². The Kier molecular flexibility index (Phi) is 4.17. The van der Waals surface area contributed by atoms with Crippen LogP contribution in [0.15, 0.2) is 12.1 Å². The van der Waals surface area contributed by atoms with Crippen LogP contribution in [0.4, 0.5) is 4.39 Å². The van der Waals surface area contributed by atoms with Crippen LogP contribution >= 0.6 is 0 Å². The Labute approximate surface area is 138 Å². The lowest BCUT2D eigenvalue weighted by Crippen LogP contribution is -2.33. The summed E-state index contributed by atoms with van der Waals surface area (Å²) in [6.07, 6.45) is 1.51. The van der Waals surface area contributed by atoms with Gasteiger partial charge < -0.3 is 10.4 Å². The number of fused-ring (bicyclic) bond motifs is 1. The zero-order valence-electron chi connectivity index (χ0n) is 13.5. The molecule has 7 heteroatoms. The number of aliphatic carboxylic acids is 1. The van der Waals surface area contributed by atoms with E-state index < -0.39 is 23.6 Å². The molecule has 1 saturated carbocycles. The highest BCUT2D eigenvalue weighted by Gasteiger charge is 2.31. The van der Waals surface area contributed by atoms with Gasteiger partial charge in [0.1, 0.15) is 11.3 Å². The number of carboxylic acids is 1. The minimum Gasteiger partial charge on any atom is -0.481 e. The summed E-state index contributed by atoms with van der Waals surface area (Å²) in [7, 11) is 0. The Bertz CT molecular complexity index is 837. The Balaban J connectivity index is 1.90. The van der Waals surface area contributed by atoms with E-state index in [2.05, 4.69) is 15.3 Å². The lowest BCUT2D eigenvalue weighted by atomic mass is 10.1. The summed E-state index contributed by atoms with van der Waals surface area (Å²) in [5.74, 6) is -2.29. The molecule has 2 atom stereocenters. The predicted octanol–water partition coefficient (Wildman–Crippen LogP) is 2.37. The fourth-order valence-electron chi connectivity index (χ4n) is 3.07. The molecule has 24 heavy (non-hydrogen) atoms. The van der Waals surface area contributed by atoms with Gasteiger partial charge in [-0.15, -0.1) is 0 Å². The summed E-state index contributed by atoms with van der Waals surface area (Å²) in [6.45, 7) is 3.55. The molecule has 126 valence electrons. The van der Waals surface area contributed by atoms with Gasteiger partial charge in [-0.05, 0) is 39.2 Å². The topological polar surface area (TPSA) is 92.2 Å². The molecule has 1 aromatic carbocycles. The summed E-state index contributed by atoms with van der Waals surface area (Å²) in [4.78, 5) is 32.2. The van der Waals surface area contributed by atoms with Gasteiger partial charge in [0, 0.05) is 12.1 Å². The molecular formula is C17H18FN3O3. The maximum absolute atomic E-state index is 13.8. The summed E-state index contributed by atoms with van der Waals surface area (Å²) >= 11 is 0. The van der Waals surface area contributed by atoms with Crippen LogP contribution in [0.2, 0.25) is 0 Å². The fraction of sp³-hybridized carbons (Fsp3) is 0.412. The van der Waals surface area contributed by atoms with Crippen molar-refractivity contribution in [2.75, 3.05) is 0 Å². The number of hydrogen-bond acceptors (Lipinski definition) is 4. The van der Waals surface area contributed by atoms with Crippen LogP contribution < -0.4 is 5.32 Å². The van der Waals surface area contributed by atoms with E-state index in [0.717, 1.165) is 6.07 Å². The first kappa shape index (κ1) is 16.3. The molecule has 0 radical (unpaired) electrons. The number of rotatable bonds is 3. The van der Waals surface area contributed by atoms with Crippen molar-refractivity contribution < 1.29 is 19.1 Å². The van der Waals surface area contributed by atoms with Gasteiger partial charge >= 0.3 is 5.97 Å². The first-order valence-corrected chi connectivity index (χ1v) is 7.83. The van der Waals surface area contributed by atoms with Gasteiger partial charge in [-0.1, -0.05) is 0 Å². The van der Waals surface area contributed by atoms with Gasteiger partial charge in [0.25, 0.3) is 5.91 Å². The van der Waals surface area contributed by atoms with Crippen LogP contribution in [-0.4, -0.2) is 33.0 Å². The molecule has 0 aliphatic heterocycles. The first-order valence-electron chi connectivity index (χ1n) is 7.83. The molecule has 6 nitrogen and oxygen atoms in total. The van der Waals surface area contributed by atoms with E-state index in [9.17, 15) is 14.0 Å². The number of carbonyl (C=O) groups is 2. The standard InChI is InChI=1S/C17H18FN3O3/c1-8-9(2)20-15-13(6-11(18)7-14(15)19-8)16(22)21-12-4-3-10(5-12)17(23)24/h6-7,10,12H,3-5H2,1-2H3,(H,21,22)(H,23,24)/t10-,12+/m0/s1. The molecule has 0 saturated heterocycles. The van der Waals surface area contributed by atoms with Gasteiger partial charge in [0.2, 0.25) is 0 Å². The average molecular weight is 331 g/mol. The monoisotopic (exact) mass is 331 g/mol. The Hall–Kier alpha value is -2.57. The van der Waals surface area contributed by atoms with Crippen LogP contribution in [0, 0.1) is 25.6 Å². The highest BCUT2D eigenvalue weighted by molar-refractivity contribution is 6.05. The third-order valence-corrected chi connectivity index (χ3v) is 4.51. The maximum atomic E-state index is 13.8. The second kappa shape index (κ2) is 6.14. The van der Waals surface area contributed by atoms with Crippen molar-refractivity contribution in [1.29, 1.82) is 0 Å². The molecule has 1 amide bonds. The van der Waals surface area contributed by atoms with Crippen LogP contribution in [0.1, 0.15) is 41.0 Å². The summed E-state index contributed by atoms with van der Waals surface area (Å²) < 4.78 is 13.8. The second-order valence-electron chi connectivity index (χ2n) is 6.23. The van der Waals surface area contributed by atoms with E-state index in [0.29, 0.717) is 41.7 Å². The van der Waals surface area contributed by atoms with Crippen molar-refractivity contribution in [3.8, 4) is 0 Å². The molecule has 2 aromatic rings. The number of nitrogens with one attached hydrogen (secondary N) is 1. The number of benzene rings is 1. The first-order chi connectivity index (χ1) is 11.3. The second-order valence-corrected chi connectivity index (χ2v) is 6.23. The smallest absolute Gasteiger partial charge is 0.306 e. The Morgan fingerprint density at radius 3 is 2.58 bits per heavy atom. The molecule has 0 spiro atoms. The average Bonchev–Trinajstić information content (AvgIpc) is 2.97. The fourth-order valence-corrected chi connectivity index (χ4v) is 3.07. The van der Waals surface area contributed by atoms with Crippen molar-refractivity contribution in [3.05, 3.63) is 34.9 Å². The van der Waals surface area contributed by atoms with Gasteiger partial charge in [0.05, 0.1) is 28.4 Å². The van der Waals surface area contributed by atoms with Gasteiger partial charge in [0.15, 0.2) is 0 Å². The molecule has 0 unspecified atom stereocenters. The van der Waals surface area contributed by atoms with E-state index in [-0.39, 0.29) is 11.6 Å². The summed E-state index contributed by atoms with van der Waals surface area (Å²) in [5.41, 5.74) is 2.16. The van der Waals surface area contributed by atoms with E-state index in [4.69, 9.17) is 5.11 Å². The maximum Gasteiger partial charge on any atom is 0.306 e. The SMILES string of the molecule is Cc1nc2cc(F)cc(C(=O)N[C@@H]3CC[C@H](C(=O)O)C3)c2nc1C. The van der Waals surface area contributed by atoms with E-state index in [1.807, 2.05) is 0 Å². The van der Waals surface area contributed by atoms with Gasteiger partial charge in [-0.25, -0.2) is 14.4 Å². The molecular weight excluding hydrogens is 313 g/mol. The normalized spacial score (nSPS) is 20.3. The lowest BCUT2D eigenvalue weighted by molar-refractivity contribution is -0.141. The highest BCUT2D eigenvalue weighted by Crippen LogP contribution is 2.26. The number of carbonyl (C=O) groups excluding carboxylic acids is 1. The number of nitrogens with zero attached hydrogens (tertiary/aromatic N) is 2. The van der Waals surface area contributed by atoms with E-state index in [1.165, 1.54) is 6.07 Å². The van der Waals surface area contributed by atoms with Crippen LogP contribution in [0.25, 0.3) is 11.0 Å². The van der Waals surface area contributed by atoms with Crippen molar-refractivity contribution in [2.45, 2.75) is 39.2 Å². The number of aromatic nitrogens is 2. The number of carboxylic acid groups (broad SMARTS) is 1. The van der Waals surface area contributed by atoms with Crippen LogP contribution in [0.5, 0.6) is 0 Å². The largest absolute Gasteiger partial charge is 0.481 e. The minimum atomic E-state index is -0.847. The van der Waals surface area contributed by atoms with Crippen LogP contribution in [0.3, 0.4) is 0 Å². The minimum absolute atomic E-state index is 0.124. The van der Waals surface area contributed by atoms with Crippen molar-refractivity contribution in [3.63, 3.8) is 0 Å². The predicted molar refractivity (Wildman–Crippen MR) is 85.2 cm³/mol. The molecule has 1 fully saturated rings. The zero-order chi connectivity index (χ0) is 17.4. The summed E-state index contributed by atoms with van der Waals surface area (Å²) in [6, 6.07) is 2.17. The Morgan fingerprint density at radius 2 is 1.92 bits per heavy atom. The number of hydrogen-bond donors (Lipinski definition) is 2. The molecule has 0 bridgehead atoms. The quantitative estimate of drug-likeness (QED) is 0.901. The van der Waals surface area contributed by atoms with E-state index in [1.54, 1.807) is 13.8 Å². The zero-order valence-corrected chi connectivity index (χ0v) is 13.5. The van der Waals surface area contributed by atoms with E-state index >= 15 is 0 Å². The summed E-state index contributed by atoms with van der Waals surface area (Å²) in [5, 5.41) is 11.8. The third kappa shape index (κ3) is 3.06. The highest BCUT2D eigenvalue weighted by atomic mass is 19.1. The molecule has 1 heterocycles. The van der Waals surface area contributed by atoms with Gasteiger partial charge in [-0.2, -0.15) is 0 Å². The third-order valence-electron chi connectivity index (χ3n) is 4.51. The molecule has 1 aliphatic rings. The molecule has 2 N–H and O–H groups in total. The number of aryl methyl sites for hydroxylation is 2. The Morgan fingerprint density at radius 1 is 1.21 bits per heavy atom. The molecule has 1 aliphatic carbocycles. The molecule has 3 rings (SSSR count). The number of amides is 1. The van der Waals surface area contributed by atoms with Crippen molar-refractivity contribution in [1.82, 2.24) is 15.3 Å². The van der Waals surface area contributed by atoms with Crippen molar-refractivity contribution >= 4 is 22.9 Å². The van der Waals surface area contributed by atoms with Gasteiger partial charge in [-0.3, -0.25) is 9.59 Å². The van der Waals surface area contributed by atoms with Crippen molar-refractivity contribution in [2.24, 2.45) is 5.92 Å². The number of halogens is 1. The lowest BCUT2D eigenvalue weighted by Gasteiger charge is -2.14.